The van der Waals surface area contributed by atoms with E-state index in [-0.39, 0.29) is 0 Å². The summed E-state index contributed by atoms with van der Waals surface area (Å²) in [6.45, 7) is 5.20. The third kappa shape index (κ3) is 3.56. The Bertz CT molecular complexity index is 610. The molecule has 0 aliphatic carbocycles. The van der Waals surface area contributed by atoms with Gasteiger partial charge in [-0.15, -0.1) is 0 Å². The standard InChI is InChI=1S/C18H21NO2/c1-14-5-2-6-15(11-14)12-19-13-16-7-3-8-17-18(16)21-10-4-9-20-17/h2-3,5-8,11,19H,4,9-10,12-13H2,1H3. The van der Waals surface area contributed by atoms with Crippen LogP contribution in [0.15, 0.2) is 42.5 Å². The molecule has 1 aliphatic heterocycles. The van der Waals surface area contributed by atoms with Crippen molar-refractivity contribution in [3.63, 3.8) is 0 Å². The van der Waals surface area contributed by atoms with E-state index in [4.69, 9.17) is 9.47 Å². The molecule has 3 rings (SSSR count). The van der Waals surface area contributed by atoms with Crippen LogP contribution in [0.3, 0.4) is 0 Å². The highest BCUT2D eigenvalue weighted by Crippen LogP contribution is 2.33. The fraction of sp³-hybridized carbons (Fsp3) is 0.333. The van der Waals surface area contributed by atoms with Gasteiger partial charge in [0.05, 0.1) is 13.2 Å². The predicted molar refractivity (Wildman–Crippen MR) is 83.8 cm³/mol. The van der Waals surface area contributed by atoms with Crippen molar-refractivity contribution in [1.82, 2.24) is 5.32 Å². The molecule has 110 valence electrons. The molecular formula is C18H21NO2. The zero-order chi connectivity index (χ0) is 14.5. The summed E-state index contributed by atoms with van der Waals surface area (Å²) in [6, 6.07) is 14.7. The summed E-state index contributed by atoms with van der Waals surface area (Å²) in [6.07, 6.45) is 0.935. The van der Waals surface area contributed by atoms with Crippen LogP contribution in [0.1, 0.15) is 23.1 Å². The lowest BCUT2D eigenvalue weighted by Crippen LogP contribution is -2.13. The number of nitrogens with one attached hydrogen (secondary N) is 1. The van der Waals surface area contributed by atoms with Crippen LogP contribution in [-0.2, 0) is 13.1 Å². The quantitative estimate of drug-likeness (QED) is 0.932. The summed E-state index contributed by atoms with van der Waals surface area (Å²) >= 11 is 0. The van der Waals surface area contributed by atoms with Gasteiger partial charge in [-0.05, 0) is 18.6 Å². The molecule has 2 aromatic carbocycles. The third-order valence-electron chi connectivity index (χ3n) is 3.58. The summed E-state index contributed by atoms with van der Waals surface area (Å²) in [5, 5.41) is 3.48. The molecule has 0 saturated carbocycles. The molecule has 0 spiro atoms. The Labute approximate surface area is 125 Å². The SMILES string of the molecule is Cc1cccc(CNCc2cccc3c2OCCCO3)c1. The maximum atomic E-state index is 5.84. The van der Waals surface area contributed by atoms with E-state index < -0.39 is 0 Å². The van der Waals surface area contributed by atoms with Gasteiger partial charge in [-0.2, -0.15) is 0 Å². The van der Waals surface area contributed by atoms with Gasteiger partial charge in [0.1, 0.15) is 0 Å². The number of hydrogen-bond acceptors (Lipinski definition) is 3. The van der Waals surface area contributed by atoms with E-state index in [0.717, 1.165) is 49.8 Å². The first kappa shape index (κ1) is 14.0. The van der Waals surface area contributed by atoms with Crippen molar-refractivity contribution in [3.05, 3.63) is 59.2 Å². The predicted octanol–water partition coefficient (Wildman–Crippen LogP) is 3.45. The summed E-state index contributed by atoms with van der Waals surface area (Å²) in [4.78, 5) is 0. The van der Waals surface area contributed by atoms with Gasteiger partial charge >= 0.3 is 0 Å². The summed E-state index contributed by atoms with van der Waals surface area (Å²) in [7, 11) is 0. The van der Waals surface area contributed by atoms with Crippen molar-refractivity contribution in [1.29, 1.82) is 0 Å². The number of ether oxygens (including phenoxy) is 2. The zero-order valence-electron chi connectivity index (χ0n) is 12.4. The van der Waals surface area contributed by atoms with Gasteiger partial charge in [-0.3, -0.25) is 0 Å². The molecule has 0 unspecified atom stereocenters. The van der Waals surface area contributed by atoms with Crippen molar-refractivity contribution in [2.75, 3.05) is 13.2 Å². The fourth-order valence-electron chi connectivity index (χ4n) is 2.56. The lowest BCUT2D eigenvalue weighted by Gasteiger charge is -2.13. The van der Waals surface area contributed by atoms with E-state index in [1.807, 2.05) is 12.1 Å². The van der Waals surface area contributed by atoms with Crippen molar-refractivity contribution >= 4 is 0 Å². The molecule has 1 N–H and O–H groups in total. The van der Waals surface area contributed by atoms with Crippen LogP contribution >= 0.6 is 0 Å². The van der Waals surface area contributed by atoms with E-state index in [2.05, 4.69) is 42.6 Å². The van der Waals surface area contributed by atoms with Crippen molar-refractivity contribution in [2.24, 2.45) is 0 Å². The zero-order valence-corrected chi connectivity index (χ0v) is 12.4. The number of aryl methyl sites for hydroxylation is 1. The molecule has 0 atom stereocenters. The molecule has 0 saturated heterocycles. The van der Waals surface area contributed by atoms with Gasteiger partial charge in [0.15, 0.2) is 11.5 Å². The summed E-state index contributed by atoms with van der Waals surface area (Å²) < 4.78 is 11.6. The van der Waals surface area contributed by atoms with Crippen molar-refractivity contribution in [3.8, 4) is 11.5 Å². The number of benzene rings is 2. The second kappa shape index (κ2) is 6.64. The second-order valence-electron chi connectivity index (χ2n) is 5.39. The molecule has 0 radical (unpaired) electrons. The maximum absolute atomic E-state index is 5.84. The average molecular weight is 283 g/mol. The van der Waals surface area contributed by atoms with Crippen molar-refractivity contribution in [2.45, 2.75) is 26.4 Å². The lowest BCUT2D eigenvalue weighted by atomic mass is 10.1. The minimum Gasteiger partial charge on any atom is -0.490 e. The van der Waals surface area contributed by atoms with E-state index in [9.17, 15) is 0 Å². The molecule has 0 bridgehead atoms. The first-order chi connectivity index (χ1) is 10.3. The highest BCUT2D eigenvalue weighted by molar-refractivity contribution is 5.47. The van der Waals surface area contributed by atoms with Gasteiger partial charge in [0.2, 0.25) is 0 Å². The Kier molecular flexibility index (Phi) is 4.41. The molecule has 2 aromatic rings. The molecule has 3 heteroatoms. The number of para-hydroxylation sites is 1. The molecule has 21 heavy (non-hydrogen) atoms. The van der Waals surface area contributed by atoms with E-state index in [1.54, 1.807) is 0 Å². The van der Waals surface area contributed by atoms with Gasteiger partial charge < -0.3 is 14.8 Å². The van der Waals surface area contributed by atoms with Crippen LogP contribution in [0.2, 0.25) is 0 Å². The number of rotatable bonds is 4. The monoisotopic (exact) mass is 283 g/mol. The molecular weight excluding hydrogens is 262 g/mol. The molecule has 3 nitrogen and oxygen atoms in total. The minimum atomic E-state index is 0.724. The summed E-state index contributed by atoms with van der Waals surface area (Å²) in [5.41, 5.74) is 3.75. The fourth-order valence-corrected chi connectivity index (χ4v) is 2.56. The Morgan fingerprint density at radius 2 is 1.86 bits per heavy atom. The van der Waals surface area contributed by atoms with Crippen LogP contribution in [0, 0.1) is 6.92 Å². The molecule has 1 heterocycles. The third-order valence-corrected chi connectivity index (χ3v) is 3.58. The normalized spacial score (nSPS) is 13.8. The molecule has 0 amide bonds. The number of hydrogen-bond donors (Lipinski definition) is 1. The van der Waals surface area contributed by atoms with Gasteiger partial charge in [0.25, 0.3) is 0 Å². The average Bonchev–Trinajstić information content (AvgIpc) is 2.73. The topological polar surface area (TPSA) is 30.5 Å². The van der Waals surface area contributed by atoms with Crippen LogP contribution in [0.25, 0.3) is 0 Å². The Balaban J connectivity index is 1.65. The van der Waals surface area contributed by atoms with Crippen LogP contribution < -0.4 is 14.8 Å². The van der Waals surface area contributed by atoms with Crippen LogP contribution in [-0.4, -0.2) is 13.2 Å². The minimum absolute atomic E-state index is 0.724. The highest BCUT2D eigenvalue weighted by Gasteiger charge is 2.13. The van der Waals surface area contributed by atoms with E-state index in [1.165, 1.54) is 11.1 Å². The van der Waals surface area contributed by atoms with Crippen LogP contribution in [0.5, 0.6) is 11.5 Å². The largest absolute Gasteiger partial charge is 0.490 e. The summed E-state index contributed by atoms with van der Waals surface area (Å²) in [5.74, 6) is 1.76. The molecule has 0 fully saturated rings. The maximum Gasteiger partial charge on any atom is 0.165 e. The Hall–Kier alpha value is -2.00. The van der Waals surface area contributed by atoms with Crippen molar-refractivity contribution < 1.29 is 9.47 Å². The Morgan fingerprint density at radius 3 is 2.76 bits per heavy atom. The van der Waals surface area contributed by atoms with Gasteiger partial charge in [0, 0.05) is 25.1 Å². The smallest absolute Gasteiger partial charge is 0.165 e. The molecule has 0 aromatic heterocycles. The van der Waals surface area contributed by atoms with Gasteiger partial charge in [-0.25, -0.2) is 0 Å². The first-order valence-corrected chi connectivity index (χ1v) is 7.47. The van der Waals surface area contributed by atoms with Crippen LogP contribution in [0.4, 0.5) is 0 Å². The number of fused-ring (bicyclic) bond motifs is 1. The second-order valence-corrected chi connectivity index (χ2v) is 5.39. The van der Waals surface area contributed by atoms with E-state index in [0.29, 0.717) is 0 Å². The Morgan fingerprint density at radius 1 is 1.00 bits per heavy atom. The van der Waals surface area contributed by atoms with Gasteiger partial charge in [-0.1, -0.05) is 42.0 Å². The first-order valence-electron chi connectivity index (χ1n) is 7.47. The van der Waals surface area contributed by atoms with E-state index >= 15 is 0 Å². The lowest BCUT2D eigenvalue weighted by molar-refractivity contribution is 0.296. The molecule has 1 aliphatic rings. The highest BCUT2D eigenvalue weighted by atomic mass is 16.5.